The number of thiazole rings is 1. The third-order valence-corrected chi connectivity index (χ3v) is 5.67. The standard InChI is InChI=1S/C18H23N7S/c1-14-17(26-13-22-14)12-24-9-15(10-25-16(11-24)4-8-23-25)3-7-21-18-19-5-2-6-20-18/h2,4-6,8,13,15H,3,7,9-12H2,1H3,(H,19,20,21)/t15-/m0/s1. The second-order valence-corrected chi connectivity index (χ2v) is 7.63. The quantitative estimate of drug-likeness (QED) is 0.720. The maximum absolute atomic E-state index is 4.52. The summed E-state index contributed by atoms with van der Waals surface area (Å²) in [5, 5.41) is 7.84. The van der Waals surface area contributed by atoms with E-state index < -0.39 is 0 Å². The van der Waals surface area contributed by atoms with Gasteiger partial charge in [0.25, 0.3) is 0 Å². The Morgan fingerprint density at radius 2 is 2.08 bits per heavy atom. The number of nitrogens with zero attached hydrogens (tertiary/aromatic N) is 6. The summed E-state index contributed by atoms with van der Waals surface area (Å²) < 4.78 is 2.16. The first-order chi connectivity index (χ1) is 12.8. The number of anilines is 1. The molecule has 4 rings (SSSR count). The van der Waals surface area contributed by atoms with Crippen molar-refractivity contribution in [3.05, 3.63) is 52.5 Å². The molecule has 1 aliphatic rings. The Morgan fingerprint density at radius 3 is 2.88 bits per heavy atom. The van der Waals surface area contributed by atoms with E-state index in [4.69, 9.17) is 0 Å². The van der Waals surface area contributed by atoms with Crippen LogP contribution in [-0.2, 0) is 19.6 Å². The smallest absolute Gasteiger partial charge is 0.222 e. The van der Waals surface area contributed by atoms with Crippen LogP contribution < -0.4 is 5.32 Å². The highest BCUT2D eigenvalue weighted by atomic mass is 32.1. The van der Waals surface area contributed by atoms with Crippen molar-refractivity contribution < 1.29 is 0 Å². The van der Waals surface area contributed by atoms with E-state index in [1.165, 1.54) is 10.6 Å². The van der Waals surface area contributed by atoms with Gasteiger partial charge in [-0.2, -0.15) is 5.10 Å². The fraction of sp³-hybridized carbons (Fsp3) is 0.444. The lowest BCUT2D eigenvalue weighted by Crippen LogP contribution is -2.28. The number of nitrogens with one attached hydrogen (secondary N) is 1. The van der Waals surface area contributed by atoms with E-state index in [2.05, 4.69) is 47.9 Å². The molecule has 26 heavy (non-hydrogen) atoms. The highest BCUT2D eigenvalue weighted by Crippen LogP contribution is 2.22. The van der Waals surface area contributed by atoms with Gasteiger partial charge >= 0.3 is 0 Å². The maximum atomic E-state index is 4.52. The van der Waals surface area contributed by atoms with Gasteiger partial charge in [0.1, 0.15) is 0 Å². The van der Waals surface area contributed by atoms with Crippen molar-refractivity contribution in [1.82, 2.24) is 29.6 Å². The van der Waals surface area contributed by atoms with E-state index in [0.29, 0.717) is 11.9 Å². The molecule has 0 unspecified atom stereocenters. The van der Waals surface area contributed by atoms with Crippen LogP contribution in [0.5, 0.6) is 0 Å². The molecule has 7 nitrogen and oxygen atoms in total. The van der Waals surface area contributed by atoms with Crippen LogP contribution in [0.15, 0.2) is 36.2 Å². The zero-order valence-corrected chi connectivity index (χ0v) is 15.7. The van der Waals surface area contributed by atoms with E-state index in [-0.39, 0.29) is 0 Å². The van der Waals surface area contributed by atoms with Gasteiger partial charge in [-0.1, -0.05) is 0 Å². The minimum Gasteiger partial charge on any atom is -0.354 e. The molecule has 0 bridgehead atoms. The second kappa shape index (κ2) is 7.92. The zero-order valence-electron chi connectivity index (χ0n) is 14.9. The number of aryl methyl sites for hydroxylation is 1. The molecule has 0 saturated heterocycles. The lowest BCUT2D eigenvalue weighted by atomic mass is 10.1. The van der Waals surface area contributed by atoms with Crippen LogP contribution in [0.2, 0.25) is 0 Å². The molecule has 0 aromatic carbocycles. The topological polar surface area (TPSA) is 71.8 Å². The Hall–Kier alpha value is -2.32. The van der Waals surface area contributed by atoms with Crippen LogP contribution in [0.1, 0.15) is 22.7 Å². The van der Waals surface area contributed by atoms with Crippen molar-refractivity contribution in [2.24, 2.45) is 5.92 Å². The molecule has 0 aliphatic carbocycles. The van der Waals surface area contributed by atoms with Crippen LogP contribution in [0.3, 0.4) is 0 Å². The van der Waals surface area contributed by atoms with Gasteiger partial charge in [0.05, 0.1) is 16.9 Å². The predicted molar refractivity (Wildman–Crippen MR) is 102 cm³/mol. The summed E-state index contributed by atoms with van der Waals surface area (Å²) in [6, 6.07) is 3.96. The fourth-order valence-electron chi connectivity index (χ4n) is 3.38. The van der Waals surface area contributed by atoms with E-state index in [1.807, 2.05) is 17.8 Å². The molecule has 0 radical (unpaired) electrons. The Labute approximate surface area is 157 Å². The summed E-state index contributed by atoms with van der Waals surface area (Å²) in [4.78, 5) is 16.7. The van der Waals surface area contributed by atoms with E-state index in [1.54, 1.807) is 23.7 Å². The van der Waals surface area contributed by atoms with Crippen LogP contribution in [0.25, 0.3) is 0 Å². The van der Waals surface area contributed by atoms with Gasteiger partial charge in [-0.05, 0) is 31.4 Å². The van der Waals surface area contributed by atoms with Crippen molar-refractivity contribution in [2.75, 3.05) is 18.4 Å². The first-order valence-electron chi connectivity index (χ1n) is 8.91. The highest BCUT2D eigenvalue weighted by molar-refractivity contribution is 7.09. The molecule has 0 saturated carbocycles. The molecular formula is C18H23N7S. The molecule has 3 aromatic rings. The fourth-order valence-corrected chi connectivity index (χ4v) is 4.20. The summed E-state index contributed by atoms with van der Waals surface area (Å²) in [5.41, 5.74) is 4.37. The Morgan fingerprint density at radius 1 is 1.19 bits per heavy atom. The summed E-state index contributed by atoms with van der Waals surface area (Å²) in [6.45, 7) is 6.85. The second-order valence-electron chi connectivity index (χ2n) is 6.69. The first-order valence-corrected chi connectivity index (χ1v) is 9.79. The molecule has 1 aliphatic heterocycles. The van der Waals surface area contributed by atoms with E-state index in [9.17, 15) is 0 Å². The normalized spacial score (nSPS) is 17.7. The van der Waals surface area contributed by atoms with Crippen molar-refractivity contribution >= 4 is 17.3 Å². The van der Waals surface area contributed by atoms with Crippen LogP contribution in [0, 0.1) is 12.8 Å². The lowest BCUT2D eigenvalue weighted by Gasteiger charge is -2.23. The van der Waals surface area contributed by atoms with Crippen LogP contribution >= 0.6 is 11.3 Å². The number of rotatable bonds is 6. The largest absolute Gasteiger partial charge is 0.354 e. The van der Waals surface area contributed by atoms with Crippen molar-refractivity contribution in [1.29, 1.82) is 0 Å². The SMILES string of the molecule is Cc1ncsc1CN1Cc2ccnn2C[C@@H](CCNc2ncccn2)C1. The molecule has 4 heterocycles. The van der Waals surface area contributed by atoms with Gasteiger partial charge in [-0.15, -0.1) is 11.3 Å². The molecule has 8 heteroatoms. The van der Waals surface area contributed by atoms with E-state index >= 15 is 0 Å². The Balaban J connectivity index is 1.41. The average molecular weight is 369 g/mol. The summed E-state index contributed by atoms with van der Waals surface area (Å²) in [6.07, 6.45) is 6.48. The van der Waals surface area contributed by atoms with Crippen LogP contribution in [0.4, 0.5) is 5.95 Å². The third kappa shape index (κ3) is 4.08. The van der Waals surface area contributed by atoms with E-state index in [0.717, 1.165) is 44.8 Å². The molecule has 0 fully saturated rings. The van der Waals surface area contributed by atoms with Gasteiger partial charge < -0.3 is 5.32 Å². The maximum Gasteiger partial charge on any atom is 0.222 e. The van der Waals surface area contributed by atoms with Gasteiger partial charge in [0, 0.05) is 56.2 Å². The summed E-state index contributed by atoms with van der Waals surface area (Å²) in [5.74, 6) is 1.22. The van der Waals surface area contributed by atoms with Gasteiger partial charge in [-0.25, -0.2) is 15.0 Å². The number of hydrogen-bond acceptors (Lipinski definition) is 7. The van der Waals surface area contributed by atoms with Gasteiger partial charge in [-0.3, -0.25) is 9.58 Å². The number of fused-ring (bicyclic) bond motifs is 1. The van der Waals surface area contributed by atoms with Crippen molar-refractivity contribution in [2.45, 2.75) is 33.0 Å². The Bertz CT molecular complexity index is 829. The first kappa shape index (κ1) is 17.1. The molecule has 0 amide bonds. The predicted octanol–water partition coefficient (Wildman–Crippen LogP) is 2.57. The Kier molecular flexibility index (Phi) is 5.21. The molecule has 136 valence electrons. The van der Waals surface area contributed by atoms with Crippen LogP contribution in [-0.4, -0.2) is 42.7 Å². The molecular weight excluding hydrogens is 346 g/mol. The number of hydrogen-bond donors (Lipinski definition) is 1. The zero-order chi connectivity index (χ0) is 17.8. The van der Waals surface area contributed by atoms with Crippen molar-refractivity contribution in [3.8, 4) is 0 Å². The minimum atomic E-state index is 0.528. The highest BCUT2D eigenvalue weighted by Gasteiger charge is 2.23. The minimum absolute atomic E-state index is 0.528. The molecule has 3 aromatic heterocycles. The molecule has 1 atom stereocenters. The monoisotopic (exact) mass is 369 g/mol. The summed E-state index contributed by atoms with van der Waals surface area (Å²) in [7, 11) is 0. The number of aromatic nitrogens is 5. The summed E-state index contributed by atoms with van der Waals surface area (Å²) >= 11 is 1.75. The van der Waals surface area contributed by atoms with Crippen molar-refractivity contribution in [3.63, 3.8) is 0 Å². The third-order valence-electron chi connectivity index (χ3n) is 4.75. The van der Waals surface area contributed by atoms with Gasteiger partial charge in [0.15, 0.2) is 0 Å². The lowest BCUT2D eigenvalue weighted by molar-refractivity contribution is 0.218. The average Bonchev–Trinajstić information content (AvgIpc) is 3.21. The molecule has 0 spiro atoms. The molecule has 1 N–H and O–H groups in total. The van der Waals surface area contributed by atoms with Gasteiger partial charge in [0.2, 0.25) is 5.95 Å².